The fraction of sp³-hybridized carbons (Fsp3) is 0.118. The van der Waals surface area contributed by atoms with Crippen LogP contribution < -0.4 is 14.8 Å². The SMILES string of the molecule is COc1ccc(C(=O)/C=C/Nc2cccc(Br)c2)cc1OC. The predicted molar refractivity (Wildman–Crippen MR) is 90.8 cm³/mol. The Hall–Kier alpha value is -2.27. The number of hydrogen-bond donors (Lipinski definition) is 1. The maximum Gasteiger partial charge on any atom is 0.187 e. The maximum absolute atomic E-state index is 12.1. The van der Waals surface area contributed by atoms with E-state index in [0.717, 1.165) is 10.2 Å². The van der Waals surface area contributed by atoms with E-state index in [1.807, 2.05) is 24.3 Å². The summed E-state index contributed by atoms with van der Waals surface area (Å²) in [5.41, 5.74) is 1.43. The zero-order chi connectivity index (χ0) is 15.9. The Kier molecular flexibility index (Phi) is 5.61. The Balaban J connectivity index is 2.07. The third-order valence-electron chi connectivity index (χ3n) is 2.98. The molecule has 0 saturated heterocycles. The zero-order valence-corrected chi connectivity index (χ0v) is 13.9. The Morgan fingerprint density at radius 3 is 2.55 bits per heavy atom. The van der Waals surface area contributed by atoms with Crippen molar-refractivity contribution in [1.82, 2.24) is 0 Å². The van der Waals surface area contributed by atoms with Gasteiger partial charge in [0.05, 0.1) is 14.2 Å². The first kappa shape index (κ1) is 16.1. The maximum atomic E-state index is 12.1. The third-order valence-corrected chi connectivity index (χ3v) is 3.47. The molecule has 0 aliphatic rings. The lowest BCUT2D eigenvalue weighted by molar-refractivity contribution is 0.104. The van der Waals surface area contributed by atoms with Crippen LogP contribution in [0.1, 0.15) is 10.4 Å². The second-order valence-electron chi connectivity index (χ2n) is 4.42. The van der Waals surface area contributed by atoms with Gasteiger partial charge in [-0.05, 0) is 36.4 Å². The number of rotatable bonds is 6. The van der Waals surface area contributed by atoms with Crippen LogP contribution in [0, 0.1) is 0 Å². The van der Waals surface area contributed by atoms with E-state index in [0.29, 0.717) is 17.1 Å². The summed E-state index contributed by atoms with van der Waals surface area (Å²) in [6.07, 6.45) is 3.09. The molecule has 0 saturated carbocycles. The first-order chi connectivity index (χ1) is 10.6. The Morgan fingerprint density at radius 1 is 1.09 bits per heavy atom. The summed E-state index contributed by atoms with van der Waals surface area (Å²) < 4.78 is 11.3. The molecule has 2 rings (SSSR count). The summed E-state index contributed by atoms with van der Waals surface area (Å²) in [6.45, 7) is 0. The molecule has 0 spiro atoms. The van der Waals surface area contributed by atoms with Crippen LogP contribution in [-0.4, -0.2) is 20.0 Å². The first-order valence-electron chi connectivity index (χ1n) is 6.59. The number of ketones is 1. The lowest BCUT2D eigenvalue weighted by Crippen LogP contribution is -1.98. The molecule has 2 aromatic rings. The predicted octanol–water partition coefficient (Wildman–Crippen LogP) is 4.27. The van der Waals surface area contributed by atoms with E-state index in [1.54, 1.807) is 31.5 Å². The molecule has 22 heavy (non-hydrogen) atoms. The van der Waals surface area contributed by atoms with E-state index in [9.17, 15) is 4.79 Å². The number of nitrogens with one attached hydrogen (secondary N) is 1. The van der Waals surface area contributed by atoms with Gasteiger partial charge in [0.2, 0.25) is 0 Å². The molecular formula is C17H16BrNO3. The number of halogens is 1. The van der Waals surface area contributed by atoms with Crippen molar-refractivity contribution in [1.29, 1.82) is 0 Å². The summed E-state index contributed by atoms with van der Waals surface area (Å²) >= 11 is 3.39. The molecule has 0 bridgehead atoms. The molecule has 0 atom stereocenters. The standard InChI is InChI=1S/C17H16BrNO3/c1-21-16-7-6-12(10-17(16)22-2)15(20)8-9-19-14-5-3-4-13(18)11-14/h3-11,19H,1-2H3/b9-8+. The van der Waals surface area contributed by atoms with E-state index >= 15 is 0 Å². The van der Waals surface area contributed by atoms with Crippen molar-refractivity contribution >= 4 is 27.4 Å². The summed E-state index contributed by atoms with van der Waals surface area (Å²) in [6, 6.07) is 12.8. The van der Waals surface area contributed by atoms with Gasteiger partial charge in [-0.2, -0.15) is 0 Å². The lowest BCUT2D eigenvalue weighted by atomic mass is 10.1. The van der Waals surface area contributed by atoms with Crippen LogP contribution in [0.3, 0.4) is 0 Å². The molecule has 114 valence electrons. The summed E-state index contributed by atoms with van der Waals surface area (Å²) in [4.78, 5) is 12.1. The topological polar surface area (TPSA) is 47.6 Å². The number of carbonyl (C=O) groups is 1. The molecule has 0 unspecified atom stereocenters. The fourth-order valence-electron chi connectivity index (χ4n) is 1.88. The van der Waals surface area contributed by atoms with Gasteiger partial charge in [0.1, 0.15) is 0 Å². The molecule has 0 aliphatic carbocycles. The zero-order valence-electron chi connectivity index (χ0n) is 12.3. The van der Waals surface area contributed by atoms with Gasteiger partial charge >= 0.3 is 0 Å². The molecule has 0 aliphatic heterocycles. The van der Waals surface area contributed by atoms with Crippen LogP contribution in [0.5, 0.6) is 11.5 Å². The largest absolute Gasteiger partial charge is 0.493 e. The Bertz CT molecular complexity index is 698. The monoisotopic (exact) mass is 361 g/mol. The second-order valence-corrected chi connectivity index (χ2v) is 5.34. The molecular weight excluding hydrogens is 346 g/mol. The van der Waals surface area contributed by atoms with E-state index in [1.165, 1.54) is 13.2 Å². The second kappa shape index (κ2) is 7.66. The average molecular weight is 362 g/mol. The number of hydrogen-bond acceptors (Lipinski definition) is 4. The molecule has 1 N–H and O–H groups in total. The highest BCUT2D eigenvalue weighted by Gasteiger charge is 2.08. The average Bonchev–Trinajstić information content (AvgIpc) is 2.54. The molecule has 5 heteroatoms. The Labute approximate surface area is 137 Å². The quantitative estimate of drug-likeness (QED) is 0.616. The van der Waals surface area contributed by atoms with E-state index in [4.69, 9.17) is 9.47 Å². The normalized spacial score (nSPS) is 10.5. The summed E-state index contributed by atoms with van der Waals surface area (Å²) in [7, 11) is 3.10. The van der Waals surface area contributed by atoms with Crippen molar-refractivity contribution in [2.45, 2.75) is 0 Å². The van der Waals surface area contributed by atoms with Crippen molar-refractivity contribution in [3.05, 3.63) is 64.8 Å². The molecule has 2 aromatic carbocycles. The number of anilines is 1. The smallest absolute Gasteiger partial charge is 0.187 e. The fourth-order valence-corrected chi connectivity index (χ4v) is 2.28. The number of benzene rings is 2. The van der Waals surface area contributed by atoms with Crippen LogP contribution in [0.4, 0.5) is 5.69 Å². The van der Waals surface area contributed by atoms with Crippen molar-refractivity contribution in [3.63, 3.8) is 0 Å². The van der Waals surface area contributed by atoms with E-state index < -0.39 is 0 Å². The third kappa shape index (κ3) is 4.11. The van der Waals surface area contributed by atoms with Crippen molar-refractivity contribution in [2.24, 2.45) is 0 Å². The van der Waals surface area contributed by atoms with Crippen molar-refractivity contribution in [3.8, 4) is 11.5 Å². The minimum absolute atomic E-state index is 0.122. The highest BCUT2D eigenvalue weighted by Crippen LogP contribution is 2.27. The van der Waals surface area contributed by atoms with Gasteiger partial charge in [-0.1, -0.05) is 22.0 Å². The van der Waals surface area contributed by atoms with Gasteiger partial charge in [-0.25, -0.2) is 0 Å². The minimum atomic E-state index is -0.122. The highest BCUT2D eigenvalue weighted by atomic mass is 79.9. The minimum Gasteiger partial charge on any atom is -0.493 e. The van der Waals surface area contributed by atoms with Gasteiger partial charge < -0.3 is 14.8 Å². The van der Waals surface area contributed by atoms with Gasteiger partial charge in [-0.15, -0.1) is 0 Å². The van der Waals surface area contributed by atoms with Crippen LogP contribution in [0.15, 0.2) is 59.2 Å². The number of ether oxygens (including phenoxy) is 2. The van der Waals surface area contributed by atoms with Gasteiger partial charge in [0, 0.05) is 28.0 Å². The van der Waals surface area contributed by atoms with E-state index in [-0.39, 0.29) is 5.78 Å². The molecule has 0 aromatic heterocycles. The van der Waals surface area contributed by atoms with Crippen LogP contribution >= 0.6 is 15.9 Å². The Morgan fingerprint density at radius 2 is 1.86 bits per heavy atom. The number of carbonyl (C=O) groups excluding carboxylic acids is 1. The van der Waals surface area contributed by atoms with Gasteiger partial charge in [-0.3, -0.25) is 4.79 Å². The molecule has 0 fully saturated rings. The first-order valence-corrected chi connectivity index (χ1v) is 7.38. The lowest BCUT2D eigenvalue weighted by Gasteiger charge is -2.08. The molecule has 4 nitrogen and oxygen atoms in total. The molecule has 0 heterocycles. The highest BCUT2D eigenvalue weighted by molar-refractivity contribution is 9.10. The number of allylic oxidation sites excluding steroid dienone is 1. The summed E-state index contributed by atoms with van der Waals surface area (Å²) in [5, 5.41) is 3.05. The number of methoxy groups -OCH3 is 2. The van der Waals surface area contributed by atoms with Crippen LogP contribution in [0.2, 0.25) is 0 Å². The van der Waals surface area contributed by atoms with Crippen LogP contribution in [-0.2, 0) is 0 Å². The van der Waals surface area contributed by atoms with E-state index in [2.05, 4.69) is 21.2 Å². The van der Waals surface area contributed by atoms with Gasteiger partial charge in [0.25, 0.3) is 0 Å². The van der Waals surface area contributed by atoms with Crippen molar-refractivity contribution in [2.75, 3.05) is 19.5 Å². The molecule has 0 radical (unpaired) electrons. The summed E-state index contributed by atoms with van der Waals surface area (Å²) in [5.74, 6) is 1.00. The van der Waals surface area contributed by atoms with Gasteiger partial charge in [0.15, 0.2) is 17.3 Å². The van der Waals surface area contributed by atoms with Crippen LogP contribution in [0.25, 0.3) is 0 Å². The molecule has 0 amide bonds. The van der Waals surface area contributed by atoms with Crippen molar-refractivity contribution < 1.29 is 14.3 Å².